The summed E-state index contributed by atoms with van der Waals surface area (Å²) >= 11 is 0. The van der Waals surface area contributed by atoms with E-state index in [9.17, 15) is 30.0 Å². The lowest BCUT2D eigenvalue weighted by molar-refractivity contribution is -0.0450. The van der Waals surface area contributed by atoms with Gasteiger partial charge in [0, 0.05) is 12.1 Å². The lowest BCUT2D eigenvalue weighted by atomic mass is 10.3. The summed E-state index contributed by atoms with van der Waals surface area (Å²) < 4.78 is 84.1. The van der Waals surface area contributed by atoms with E-state index < -0.39 is 37.3 Å². The molecule has 0 aromatic heterocycles. The highest BCUT2D eigenvalue weighted by atomic mass is 32.2. The fourth-order valence-electron chi connectivity index (χ4n) is 1.14. The van der Waals surface area contributed by atoms with Crippen LogP contribution in [0.4, 0.5) is 13.2 Å². The van der Waals surface area contributed by atoms with Gasteiger partial charge in [0.1, 0.15) is 0 Å². The molecule has 0 heterocycles. The first-order valence-corrected chi connectivity index (χ1v) is 8.49. The fraction of sp³-hybridized carbons (Fsp3) is 1.00. The Balaban J connectivity index is 4.48. The maximum Gasteiger partial charge on any atom is 0.511 e. The van der Waals surface area contributed by atoms with Crippen molar-refractivity contribution in [2.45, 2.75) is 44.8 Å². The molecule has 0 aliphatic heterocycles. The second kappa shape index (κ2) is 6.37. The van der Waals surface area contributed by atoms with E-state index in [1.807, 2.05) is 0 Å². The lowest BCUT2D eigenvalue weighted by Crippen LogP contribution is -2.42. The maximum atomic E-state index is 12.1. The molecular formula is C8H17F3N2O4S2. The van der Waals surface area contributed by atoms with Gasteiger partial charge in [0.05, 0.1) is 5.75 Å². The van der Waals surface area contributed by atoms with Gasteiger partial charge in [-0.05, 0) is 27.2 Å². The van der Waals surface area contributed by atoms with Gasteiger partial charge in [-0.15, -0.1) is 0 Å². The molecule has 11 heteroatoms. The zero-order valence-electron chi connectivity index (χ0n) is 10.7. The van der Waals surface area contributed by atoms with Crippen molar-refractivity contribution in [1.29, 1.82) is 0 Å². The average molecular weight is 326 g/mol. The van der Waals surface area contributed by atoms with E-state index in [1.54, 1.807) is 13.8 Å². The van der Waals surface area contributed by atoms with Crippen LogP contribution in [0.3, 0.4) is 0 Å². The fourth-order valence-corrected chi connectivity index (χ4v) is 3.42. The predicted molar refractivity (Wildman–Crippen MR) is 64.2 cm³/mol. The van der Waals surface area contributed by atoms with Crippen LogP contribution in [0.15, 0.2) is 0 Å². The first-order valence-electron chi connectivity index (χ1n) is 5.35. The molecule has 0 aliphatic rings. The molecule has 0 fully saturated rings. The summed E-state index contributed by atoms with van der Waals surface area (Å²) in [5, 5.41) is 0. The van der Waals surface area contributed by atoms with Crippen LogP contribution in [0.5, 0.6) is 0 Å². The minimum atomic E-state index is -5.45. The molecule has 0 amide bonds. The number of alkyl halides is 3. The van der Waals surface area contributed by atoms with Crippen molar-refractivity contribution in [2.75, 3.05) is 5.75 Å². The quantitative estimate of drug-likeness (QED) is 0.714. The molecule has 19 heavy (non-hydrogen) atoms. The average Bonchev–Trinajstić information content (AvgIpc) is 2.10. The molecule has 0 bridgehead atoms. The Hall–Kier alpha value is -0.390. The SMILES string of the molecule is CC(C)NS(=O)(=O)CCC(C)NS(=O)(=O)C(F)(F)F. The smallest absolute Gasteiger partial charge is 0.213 e. The number of rotatable bonds is 7. The molecule has 6 nitrogen and oxygen atoms in total. The molecule has 116 valence electrons. The summed E-state index contributed by atoms with van der Waals surface area (Å²) in [5.41, 5.74) is -5.41. The summed E-state index contributed by atoms with van der Waals surface area (Å²) in [6, 6.07) is -1.48. The van der Waals surface area contributed by atoms with Crippen molar-refractivity contribution in [1.82, 2.24) is 9.44 Å². The van der Waals surface area contributed by atoms with Crippen LogP contribution in [-0.4, -0.2) is 40.2 Å². The van der Waals surface area contributed by atoms with Crippen molar-refractivity contribution in [3.8, 4) is 0 Å². The molecule has 0 aromatic carbocycles. The normalized spacial score (nSPS) is 15.7. The van der Waals surface area contributed by atoms with Crippen LogP contribution in [-0.2, 0) is 20.0 Å². The minimum Gasteiger partial charge on any atom is -0.213 e. The van der Waals surface area contributed by atoms with E-state index in [0.29, 0.717) is 0 Å². The van der Waals surface area contributed by atoms with Crippen molar-refractivity contribution in [2.24, 2.45) is 0 Å². The molecular weight excluding hydrogens is 309 g/mol. The number of hydrogen-bond acceptors (Lipinski definition) is 4. The Kier molecular flexibility index (Phi) is 6.24. The van der Waals surface area contributed by atoms with Crippen molar-refractivity contribution < 1.29 is 30.0 Å². The highest BCUT2D eigenvalue weighted by Gasteiger charge is 2.46. The van der Waals surface area contributed by atoms with Crippen LogP contribution in [0, 0.1) is 0 Å². The predicted octanol–water partition coefficient (Wildman–Crippen LogP) is 0.532. The number of halogens is 3. The maximum absolute atomic E-state index is 12.1. The van der Waals surface area contributed by atoms with E-state index in [2.05, 4.69) is 4.72 Å². The molecule has 1 unspecified atom stereocenters. The van der Waals surface area contributed by atoms with Crippen molar-refractivity contribution in [3.63, 3.8) is 0 Å². The third kappa shape index (κ3) is 7.09. The van der Waals surface area contributed by atoms with E-state index in [1.165, 1.54) is 4.72 Å². The van der Waals surface area contributed by atoms with Gasteiger partial charge in [-0.1, -0.05) is 0 Å². The van der Waals surface area contributed by atoms with Crippen LogP contribution in [0.2, 0.25) is 0 Å². The Bertz CT molecular complexity index is 485. The van der Waals surface area contributed by atoms with E-state index >= 15 is 0 Å². The molecule has 0 aromatic rings. The van der Waals surface area contributed by atoms with Gasteiger partial charge in [0.15, 0.2) is 0 Å². The van der Waals surface area contributed by atoms with Crippen LogP contribution < -0.4 is 9.44 Å². The van der Waals surface area contributed by atoms with Crippen LogP contribution in [0.25, 0.3) is 0 Å². The second-order valence-corrected chi connectivity index (χ2v) is 7.93. The van der Waals surface area contributed by atoms with Crippen LogP contribution in [0.1, 0.15) is 27.2 Å². The lowest BCUT2D eigenvalue weighted by Gasteiger charge is -2.16. The van der Waals surface area contributed by atoms with Gasteiger partial charge in [0.2, 0.25) is 10.0 Å². The highest BCUT2D eigenvalue weighted by molar-refractivity contribution is 7.90. The summed E-state index contributed by atoms with van der Waals surface area (Å²) in [4.78, 5) is 0. The standard InChI is InChI=1S/C8H17F3N2O4S2/c1-6(2)12-18(14,15)5-4-7(3)13-19(16,17)8(9,10)11/h6-7,12-13H,4-5H2,1-3H3. The minimum absolute atomic E-state index is 0.267. The Morgan fingerprint density at radius 3 is 1.84 bits per heavy atom. The Morgan fingerprint density at radius 2 is 1.47 bits per heavy atom. The summed E-state index contributed by atoms with van der Waals surface area (Å²) in [7, 11) is -9.09. The Morgan fingerprint density at radius 1 is 1.00 bits per heavy atom. The first-order chi connectivity index (χ1) is 8.27. The first kappa shape index (κ1) is 18.6. The molecule has 1 atom stereocenters. The van der Waals surface area contributed by atoms with Gasteiger partial charge in [0.25, 0.3) is 0 Å². The van der Waals surface area contributed by atoms with Gasteiger partial charge in [-0.2, -0.15) is 13.2 Å². The summed E-state index contributed by atoms with van der Waals surface area (Å²) in [5.74, 6) is -0.466. The Labute approximate surface area is 110 Å². The number of nitrogens with one attached hydrogen (secondary N) is 2. The molecule has 0 rings (SSSR count). The molecule has 2 N–H and O–H groups in total. The van der Waals surface area contributed by atoms with E-state index in [-0.39, 0.29) is 12.5 Å². The summed E-state index contributed by atoms with van der Waals surface area (Å²) in [6.45, 7) is 4.34. The van der Waals surface area contributed by atoms with Gasteiger partial charge < -0.3 is 0 Å². The second-order valence-electron chi connectivity index (χ2n) is 4.35. The topological polar surface area (TPSA) is 92.3 Å². The van der Waals surface area contributed by atoms with Gasteiger partial charge in [-0.3, -0.25) is 0 Å². The van der Waals surface area contributed by atoms with Crippen LogP contribution >= 0.6 is 0 Å². The molecule has 0 spiro atoms. The third-order valence-electron chi connectivity index (χ3n) is 1.90. The van der Waals surface area contributed by atoms with E-state index in [0.717, 1.165) is 6.92 Å². The third-order valence-corrected chi connectivity index (χ3v) is 4.82. The monoisotopic (exact) mass is 326 g/mol. The number of hydrogen-bond donors (Lipinski definition) is 2. The van der Waals surface area contributed by atoms with Crippen molar-refractivity contribution >= 4 is 20.0 Å². The molecule has 0 saturated heterocycles. The molecule has 0 saturated carbocycles. The zero-order chi connectivity index (χ0) is 15.5. The van der Waals surface area contributed by atoms with Crippen molar-refractivity contribution in [3.05, 3.63) is 0 Å². The number of sulfonamides is 2. The zero-order valence-corrected chi connectivity index (χ0v) is 12.3. The van der Waals surface area contributed by atoms with Gasteiger partial charge in [-0.25, -0.2) is 26.3 Å². The summed E-state index contributed by atoms with van der Waals surface area (Å²) in [6.07, 6.45) is -0.267. The highest BCUT2D eigenvalue weighted by Crippen LogP contribution is 2.22. The largest absolute Gasteiger partial charge is 0.511 e. The molecule has 0 radical (unpaired) electrons. The van der Waals surface area contributed by atoms with E-state index in [4.69, 9.17) is 0 Å². The molecule has 0 aliphatic carbocycles. The van der Waals surface area contributed by atoms with Gasteiger partial charge >= 0.3 is 15.5 Å².